The Balaban J connectivity index is 1.82. The Kier molecular flexibility index (Phi) is 6.19. The Morgan fingerprint density at radius 3 is 2.38 bits per heavy atom. The molecule has 0 bridgehead atoms. The first-order chi connectivity index (χ1) is 13.6. The van der Waals surface area contributed by atoms with Crippen LogP contribution in [0, 0.1) is 5.82 Å². The molecule has 0 aromatic heterocycles. The third-order valence-electron chi connectivity index (χ3n) is 5.16. The topological polar surface area (TPSA) is 35.6 Å². The first kappa shape index (κ1) is 21.6. The van der Waals surface area contributed by atoms with Crippen LogP contribution < -0.4 is 10.2 Å². The molecule has 2 atom stereocenters. The molecule has 1 heterocycles. The van der Waals surface area contributed by atoms with Crippen molar-refractivity contribution in [1.29, 1.82) is 0 Å². The van der Waals surface area contributed by atoms with Crippen molar-refractivity contribution < 1.29 is 22.4 Å². The Morgan fingerprint density at radius 2 is 1.76 bits per heavy atom. The number of likely N-dealkylation sites (N-methyl/N-ethyl adjacent to an activating group) is 1. The van der Waals surface area contributed by atoms with Gasteiger partial charge in [-0.1, -0.05) is 28.1 Å². The van der Waals surface area contributed by atoms with Gasteiger partial charge in [-0.05, 0) is 35.9 Å². The van der Waals surface area contributed by atoms with E-state index >= 15 is 0 Å². The van der Waals surface area contributed by atoms with Crippen LogP contribution in [-0.4, -0.2) is 44.2 Å². The first-order valence-corrected chi connectivity index (χ1v) is 9.71. The fraction of sp³-hybridized carbons (Fsp3) is 0.350. The zero-order valence-electron chi connectivity index (χ0n) is 15.8. The molecule has 2 aromatic rings. The van der Waals surface area contributed by atoms with Gasteiger partial charge in [0.05, 0.1) is 11.6 Å². The molecule has 4 nitrogen and oxygen atoms in total. The van der Waals surface area contributed by atoms with E-state index in [0.29, 0.717) is 13.1 Å². The lowest BCUT2D eigenvalue weighted by Gasteiger charge is -2.33. The molecule has 1 fully saturated rings. The molecule has 0 saturated carbocycles. The maximum absolute atomic E-state index is 13.2. The number of benzene rings is 2. The lowest BCUT2D eigenvalue weighted by molar-refractivity contribution is -0.137. The quantitative estimate of drug-likeness (QED) is 0.646. The van der Waals surface area contributed by atoms with Crippen LogP contribution in [0.15, 0.2) is 46.9 Å². The van der Waals surface area contributed by atoms with E-state index in [1.54, 1.807) is 19.2 Å². The lowest BCUT2D eigenvalue weighted by atomic mass is 9.93. The minimum absolute atomic E-state index is 0.0498. The van der Waals surface area contributed by atoms with E-state index in [-0.39, 0.29) is 27.9 Å². The molecule has 0 radical (unpaired) electrons. The van der Waals surface area contributed by atoms with Crippen LogP contribution in [0.3, 0.4) is 0 Å². The van der Waals surface area contributed by atoms with Gasteiger partial charge in [0.2, 0.25) is 0 Å². The molecule has 2 aromatic carbocycles. The Morgan fingerprint density at radius 1 is 1.10 bits per heavy atom. The van der Waals surface area contributed by atoms with Gasteiger partial charge >= 0.3 is 12.2 Å². The molecular weight excluding hydrogens is 454 g/mol. The third-order valence-corrected chi connectivity index (χ3v) is 5.62. The number of hydrogen-bond donors (Lipinski definition) is 1. The second kappa shape index (κ2) is 8.31. The highest BCUT2D eigenvalue weighted by atomic mass is 79.9. The lowest BCUT2D eigenvalue weighted by Crippen LogP contribution is -2.47. The van der Waals surface area contributed by atoms with Gasteiger partial charge in [0.1, 0.15) is 5.82 Å². The van der Waals surface area contributed by atoms with Crippen molar-refractivity contribution in [3.63, 3.8) is 0 Å². The zero-order valence-corrected chi connectivity index (χ0v) is 17.4. The van der Waals surface area contributed by atoms with Crippen LogP contribution in [0.5, 0.6) is 0 Å². The van der Waals surface area contributed by atoms with Gasteiger partial charge in [0.25, 0.3) is 0 Å². The third kappa shape index (κ3) is 4.72. The predicted molar refractivity (Wildman–Crippen MR) is 107 cm³/mol. The highest BCUT2D eigenvalue weighted by Gasteiger charge is 2.36. The molecule has 3 rings (SSSR count). The smallest absolute Gasteiger partial charge is 0.322 e. The number of amides is 2. The Hall–Kier alpha value is -2.13. The summed E-state index contributed by atoms with van der Waals surface area (Å²) in [7, 11) is 3.06. The maximum Gasteiger partial charge on any atom is 0.416 e. The van der Waals surface area contributed by atoms with Crippen LogP contribution in [-0.2, 0) is 6.18 Å². The van der Waals surface area contributed by atoms with E-state index in [2.05, 4.69) is 21.2 Å². The summed E-state index contributed by atoms with van der Waals surface area (Å²) in [6, 6.07) is 8.85. The molecule has 0 aliphatic carbocycles. The fourth-order valence-electron chi connectivity index (χ4n) is 3.54. The van der Waals surface area contributed by atoms with E-state index in [4.69, 9.17) is 0 Å². The summed E-state index contributed by atoms with van der Waals surface area (Å²) < 4.78 is 52.8. The number of rotatable bonds is 3. The molecule has 0 spiro atoms. The van der Waals surface area contributed by atoms with Crippen molar-refractivity contribution in [1.82, 2.24) is 10.2 Å². The molecular formula is C20H20BrF4N3O. The molecule has 9 heteroatoms. The summed E-state index contributed by atoms with van der Waals surface area (Å²) in [5, 5.41) is 3.23. The van der Waals surface area contributed by atoms with E-state index < -0.39 is 17.8 Å². The van der Waals surface area contributed by atoms with Gasteiger partial charge in [0.15, 0.2) is 0 Å². The van der Waals surface area contributed by atoms with Crippen molar-refractivity contribution in [3.05, 3.63) is 63.9 Å². The maximum atomic E-state index is 13.2. The van der Waals surface area contributed by atoms with E-state index in [1.807, 2.05) is 0 Å². The standard InChI is InChI=1S/C20H20BrF4N3O/c1-27(16-8-13(20(23,24)25)7-14(21)9-16)19(29)28(2)18-11-26-10-17(18)12-3-5-15(22)6-4-12/h3-9,17-18,26H,10-11H2,1-2H3. The van der Waals surface area contributed by atoms with Gasteiger partial charge in [-0.2, -0.15) is 13.2 Å². The van der Waals surface area contributed by atoms with Crippen LogP contribution in [0.1, 0.15) is 17.0 Å². The van der Waals surface area contributed by atoms with Crippen LogP contribution in [0.25, 0.3) is 0 Å². The van der Waals surface area contributed by atoms with Crippen molar-refractivity contribution in [2.45, 2.75) is 18.1 Å². The number of carbonyl (C=O) groups excluding carboxylic acids is 1. The number of urea groups is 1. The highest BCUT2D eigenvalue weighted by molar-refractivity contribution is 9.10. The monoisotopic (exact) mass is 473 g/mol. The first-order valence-electron chi connectivity index (χ1n) is 8.92. The van der Waals surface area contributed by atoms with E-state index in [0.717, 1.165) is 17.7 Å². The number of alkyl halides is 3. The van der Waals surface area contributed by atoms with Crippen molar-refractivity contribution in [2.24, 2.45) is 0 Å². The second-order valence-electron chi connectivity index (χ2n) is 7.03. The van der Waals surface area contributed by atoms with Crippen LogP contribution in [0.2, 0.25) is 0 Å². The predicted octanol–water partition coefficient (Wildman–Crippen LogP) is 4.85. The fourth-order valence-corrected chi connectivity index (χ4v) is 4.02. The summed E-state index contributed by atoms with van der Waals surface area (Å²) >= 11 is 3.08. The molecule has 29 heavy (non-hydrogen) atoms. The van der Waals surface area contributed by atoms with Crippen LogP contribution in [0.4, 0.5) is 28.0 Å². The number of anilines is 1. The van der Waals surface area contributed by atoms with Crippen molar-refractivity contribution in [3.8, 4) is 0 Å². The SMILES string of the molecule is CN(C(=O)N(C)C1CNCC1c1ccc(F)cc1)c1cc(Br)cc(C(F)(F)F)c1. The van der Waals surface area contributed by atoms with Crippen molar-refractivity contribution >= 4 is 27.6 Å². The minimum Gasteiger partial charge on any atom is -0.322 e. The van der Waals surface area contributed by atoms with Gasteiger partial charge in [0, 0.05) is 43.3 Å². The largest absolute Gasteiger partial charge is 0.416 e. The van der Waals surface area contributed by atoms with E-state index in [9.17, 15) is 22.4 Å². The highest BCUT2D eigenvalue weighted by Crippen LogP contribution is 2.35. The normalized spacial score (nSPS) is 19.3. The summed E-state index contributed by atoms with van der Waals surface area (Å²) in [6.45, 7) is 1.15. The van der Waals surface area contributed by atoms with E-state index in [1.165, 1.54) is 35.0 Å². The number of nitrogens with zero attached hydrogens (tertiary/aromatic N) is 2. The number of halogens is 5. The molecule has 156 valence electrons. The molecule has 2 unspecified atom stereocenters. The second-order valence-corrected chi connectivity index (χ2v) is 7.95. The number of nitrogens with one attached hydrogen (secondary N) is 1. The summed E-state index contributed by atoms with van der Waals surface area (Å²) in [5.41, 5.74) is 0.189. The molecule has 1 N–H and O–H groups in total. The number of carbonyl (C=O) groups is 1. The average molecular weight is 474 g/mol. The Bertz CT molecular complexity index is 888. The molecule has 1 aliphatic rings. The van der Waals surface area contributed by atoms with Gasteiger partial charge < -0.3 is 10.2 Å². The molecule has 1 saturated heterocycles. The summed E-state index contributed by atoms with van der Waals surface area (Å²) in [6.07, 6.45) is -4.52. The van der Waals surface area contributed by atoms with Gasteiger partial charge in [-0.3, -0.25) is 4.90 Å². The van der Waals surface area contributed by atoms with Gasteiger partial charge in [-0.25, -0.2) is 9.18 Å². The zero-order chi connectivity index (χ0) is 21.3. The van der Waals surface area contributed by atoms with Crippen molar-refractivity contribution in [2.75, 3.05) is 32.1 Å². The summed E-state index contributed by atoms with van der Waals surface area (Å²) in [4.78, 5) is 15.7. The van der Waals surface area contributed by atoms with Gasteiger partial charge in [-0.15, -0.1) is 0 Å². The minimum atomic E-state index is -4.52. The summed E-state index contributed by atoms with van der Waals surface area (Å²) in [5.74, 6) is -0.387. The Labute approximate surface area is 174 Å². The molecule has 2 amide bonds. The van der Waals surface area contributed by atoms with Crippen LogP contribution >= 0.6 is 15.9 Å². The number of hydrogen-bond acceptors (Lipinski definition) is 2. The average Bonchev–Trinajstić information content (AvgIpc) is 3.15. The molecule has 1 aliphatic heterocycles.